The molecule has 0 radical (unpaired) electrons. The van der Waals surface area contributed by atoms with Crippen molar-refractivity contribution in [1.82, 2.24) is 20.4 Å². The first kappa shape index (κ1) is 18.1. The number of thioether (sulfide) groups is 1. The molecule has 2 heterocycles. The fraction of sp³-hybridized carbons (Fsp3) is 0. The molecule has 7 nitrogen and oxygen atoms in total. The summed E-state index contributed by atoms with van der Waals surface area (Å²) < 4.78 is 0.195. The molecule has 138 valence electrons. The van der Waals surface area contributed by atoms with Gasteiger partial charge in [-0.05, 0) is 48.1 Å². The van der Waals surface area contributed by atoms with Crippen molar-refractivity contribution in [2.24, 2.45) is 0 Å². The molecule has 9 heteroatoms. The predicted molar refractivity (Wildman–Crippen MR) is 110 cm³/mol. The Balaban J connectivity index is 1.57. The highest BCUT2D eigenvalue weighted by atomic mass is 32.2. The zero-order valence-corrected chi connectivity index (χ0v) is 15.8. The molecule has 0 atom stereocenters. The number of aromatic hydroxyl groups is 1. The first-order valence-corrected chi connectivity index (χ1v) is 9.33. The van der Waals surface area contributed by atoms with Crippen LogP contribution in [0.4, 0.5) is 0 Å². The Morgan fingerprint density at radius 2 is 1.89 bits per heavy atom. The second-order valence-corrected chi connectivity index (χ2v) is 7.46. The maximum absolute atomic E-state index is 12.7. The number of hydrogen-bond acceptors (Lipinski definition) is 7. The van der Waals surface area contributed by atoms with Crippen LogP contribution in [0.2, 0.25) is 0 Å². The van der Waals surface area contributed by atoms with Gasteiger partial charge in [0.25, 0.3) is 11.8 Å². The summed E-state index contributed by atoms with van der Waals surface area (Å²) >= 11 is 6.30. The minimum atomic E-state index is -0.628. The van der Waals surface area contributed by atoms with Gasteiger partial charge in [0.05, 0.1) is 21.5 Å². The molecule has 1 aliphatic heterocycles. The molecule has 2 amide bonds. The van der Waals surface area contributed by atoms with Gasteiger partial charge in [0.15, 0.2) is 4.32 Å². The third-order valence-corrected chi connectivity index (χ3v) is 5.25. The lowest BCUT2D eigenvalue weighted by atomic mass is 10.2. The number of nitrogens with one attached hydrogen (secondary N) is 1. The molecule has 4 rings (SSSR count). The average molecular weight is 408 g/mol. The number of nitrogens with zero attached hydrogens (tertiary/aromatic N) is 3. The van der Waals surface area contributed by atoms with Crippen molar-refractivity contribution in [3.8, 4) is 5.75 Å². The lowest BCUT2D eigenvalue weighted by Crippen LogP contribution is -2.44. The van der Waals surface area contributed by atoms with E-state index in [2.05, 4.69) is 15.4 Å². The minimum Gasteiger partial charge on any atom is -0.507 e. The van der Waals surface area contributed by atoms with Crippen molar-refractivity contribution < 1.29 is 14.7 Å². The first-order valence-electron chi connectivity index (χ1n) is 8.10. The normalized spacial score (nSPS) is 15.4. The van der Waals surface area contributed by atoms with Gasteiger partial charge in [-0.1, -0.05) is 30.0 Å². The Hall–Kier alpha value is -3.30. The summed E-state index contributed by atoms with van der Waals surface area (Å²) in [5.41, 5.74) is 4.71. The molecular formula is C19H12N4O3S2. The predicted octanol–water partition coefficient (Wildman–Crippen LogP) is 2.88. The van der Waals surface area contributed by atoms with E-state index in [4.69, 9.17) is 12.2 Å². The number of fused-ring (bicyclic) bond motifs is 1. The van der Waals surface area contributed by atoms with Crippen molar-refractivity contribution in [3.63, 3.8) is 0 Å². The Morgan fingerprint density at radius 3 is 2.68 bits per heavy atom. The first-order chi connectivity index (χ1) is 13.5. The monoisotopic (exact) mass is 408 g/mol. The zero-order chi connectivity index (χ0) is 19.7. The van der Waals surface area contributed by atoms with Gasteiger partial charge < -0.3 is 5.11 Å². The number of carbonyl (C=O) groups excluding carboxylic acids is 2. The van der Waals surface area contributed by atoms with Crippen molar-refractivity contribution >= 4 is 57.2 Å². The fourth-order valence-electron chi connectivity index (χ4n) is 2.61. The Kier molecular flexibility index (Phi) is 4.76. The van der Waals surface area contributed by atoms with Crippen molar-refractivity contribution in [2.75, 3.05) is 0 Å². The number of rotatable bonds is 3. The third kappa shape index (κ3) is 3.45. The van der Waals surface area contributed by atoms with Crippen LogP contribution in [0.15, 0.2) is 59.8 Å². The highest BCUT2D eigenvalue weighted by Gasteiger charge is 2.34. The van der Waals surface area contributed by atoms with Gasteiger partial charge in [-0.25, -0.2) is 0 Å². The van der Waals surface area contributed by atoms with E-state index in [0.717, 1.165) is 27.9 Å². The van der Waals surface area contributed by atoms with E-state index in [1.54, 1.807) is 30.6 Å². The summed E-state index contributed by atoms with van der Waals surface area (Å²) in [4.78, 5) is 33.9. The number of thiocarbonyl (C=S) groups is 1. The summed E-state index contributed by atoms with van der Waals surface area (Å²) in [7, 11) is 0. The van der Waals surface area contributed by atoms with Crippen LogP contribution in [0.5, 0.6) is 5.75 Å². The molecule has 28 heavy (non-hydrogen) atoms. The van der Waals surface area contributed by atoms with Gasteiger partial charge in [-0.3, -0.25) is 25.0 Å². The molecule has 1 aliphatic rings. The average Bonchev–Trinajstić information content (AvgIpc) is 2.95. The van der Waals surface area contributed by atoms with Crippen molar-refractivity contribution in [1.29, 1.82) is 0 Å². The summed E-state index contributed by atoms with van der Waals surface area (Å²) in [5, 5.41) is 10.8. The van der Waals surface area contributed by atoms with E-state index in [0.29, 0.717) is 10.4 Å². The molecule has 0 unspecified atom stereocenters. The molecule has 2 aromatic carbocycles. The van der Waals surface area contributed by atoms with Gasteiger partial charge >= 0.3 is 0 Å². The summed E-state index contributed by atoms with van der Waals surface area (Å²) in [6, 6.07) is 11.5. The summed E-state index contributed by atoms with van der Waals surface area (Å²) in [6.45, 7) is 0. The Labute approximate surface area is 169 Å². The van der Waals surface area contributed by atoms with Gasteiger partial charge in [-0.15, -0.1) is 0 Å². The second-order valence-electron chi connectivity index (χ2n) is 5.78. The number of hydrazine groups is 1. The Morgan fingerprint density at radius 1 is 1.14 bits per heavy atom. The van der Waals surface area contributed by atoms with E-state index in [9.17, 15) is 14.7 Å². The van der Waals surface area contributed by atoms with E-state index in [-0.39, 0.29) is 15.6 Å². The molecule has 0 aliphatic carbocycles. The largest absolute Gasteiger partial charge is 0.507 e. The molecule has 1 saturated heterocycles. The van der Waals surface area contributed by atoms with Crippen LogP contribution >= 0.6 is 24.0 Å². The molecule has 1 aromatic heterocycles. The van der Waals surface area contributed by atoms with E-state index in [1.807, 2.05) is 18.2 Å². The number of phenols is 1. The number of benzene rings is 2. The van der Waals surface area contributed by atoms with E-state index >= 15 is 0 Å². The summed E-state index contributed by atoms with van der Waals surface area (Å²) in [6.07, 6.45) is 4.89. The number of amides is 2. The highest BCUT2D eigenvalue weighted by molar-refractivity contribution is 8.26. The van der Waals surface area contributed by atoms with Crippen LogP contribution in [0.3, 0.4) is 0 Å². The van der Waals surface area contributed by atoms with Gasteiger partial charge in [0.2, 0.25) is 0 Å². The molecule has 0 saturated carbocycles. The standard InChI is InChI=1S/C19H12N4O3S2/c24-15-4-2-1-3-12(15)17(25)22-23-18(26)16(28-19(23)27)10-11-5-6-13-14(9-11)21-8-7-20-13/h1-10,24H,(H,22,25)/b16-10-. The van der Waals surface area contributed by atoms with Crippen LogP contribution in [0.1, 0.15) is 15.9 Å². The zero-order valence-electron chi connectivity index (χ0n) is 14.2. The van der Waals surface area contributed by atoms with Crippen LogP contribution in [0.25, 0.3) is 17.1 Å². The second kappa shape index (κ2) is 7.37. The molecular weight excluding hydrogens is 396 g/mol. The lowest BCUT2D eigenvalue weighted by molar-refractivity contribution is -0.123. The van der Waals surface area contributed by atoms with Crippen LogP contribution in [-0.4, -0.2) is 36.2 Å². The number of para-hydroxylation sites is 1. The van der Waals surface area contributed by atoms with Gasteiger partial charge in [0, 0.05) is 12.4 Å². The fourth-order valence-corrected chi connectivity index (χ4v) is 3.79. The van der Waals surface area contributed by atoms with E-state index < -0.39 is 11.8 Å². The smallest absolute Gasteiger partial charge is 0.285 e. The maximum atomic E-state index is 12.7. The maximum Gasteiger partial charge on any atom is 0.285 e. The number of carbonyl (C=O) groups is 2. The number of phenolic OH excluding ortho intramolecular Hbond substituents is 1. The topological polar surface area (TPSA) is 95.4 Å². The lowest BCUT2D eigenvalue weighted by Gasteiger charge is -2.16. The van der Waals surface area contributed by atoms with Crippen LogP contribution in [0, 0.1) is 0 Å². The van der Waals surface area contributed by atoms with Crippen LogP contribution in [-0.2, 0) is 4.79 Å². The number of aromatic nitrogens is 2. The third-order valence-electron chi connectivity index (χ3n) is 3.95. The van der Waals surface area contributed by atoms with Crippen molar-refractivity contribution in [3.05, 3.63) is 70.9 Å². The van der Waals surface area contributed by atoms with Gasteiger partial charge in [-0.2, -0.15) is 5.01 Å². The van der Waals surface area contributed by atoms with Crippen LogP contribution < -0.4 is 5.43 Å². The van der Waals surface area contributed by atoms with E-state index in [1.165, 1.54) is 12.1 Å². The highest BCUT2D eigenvalue weighted by Crippen LogP contribution is 2.32. The number of hydrogen-bond donors (Lipinski definition) is 2. The molecule has 2 N–H and O–H groups in total. The van der Waals surface area contributed by atoms with Gasteiger partial charge in [0.1, 0.15) is 5.75 Å². The molecule has 1 fully saturated rings. The molecule has 0 bridgehead atoms. The Bertz CT molecular complexity index is 1160. The molecule has 0 spiro atoms. The summed E-state index contributed by atoms with van der Waals surface area (Å²) in [5.74, 6) is -1.26. The quantitative estimate of drug-likeness (QED) is 0.508. The SMILES string of the molecule is O=C(NN1C(=O)/C(=C/c2ccc3nccnc3c2)SC1=S)c1ccccc1O. The van der Waals surface area contributed by atoms with Crippen molar-refractivity contribution in [2.45, 2.75) is 0 Å². The molecule has 3 aromatic rings. The minimum absolute atomic E-state index is 0.0497.